The zero-order valence-electron chi connectivity index (χ0n) is 10.6. The molecule has 0 spiro atoms. The molecule has 1 atom stereocenters. The van der Waals surface area contributed by atoms with E-state index in [1.165, 1.54) is 6.42 Å². The number of halogens is 1. The third kappa shape index (κ3) is 3.02. The summed E-state index contributed by atoms with van der Waals surface area (Å²) < 4.78 is 1.11. The Kier molecular flexibility index (Phi) is 3.50. The number of anilines is 1. The van der Waals surface area contributed by atoms with Gasteiger partial charge in [0.15, 0.2) is 0 Å². The van der Waals surface area contributed by atoms with Crippen molar-refractivity contribution in [2.75, 3.05) is 11.9 Å². The minimum absolute atomic E-state index is 0.0807. The molecule has 0 heterocycles. The zero-order valence-corrected chi connectivity index (χ0v) is 12.2. The Balaban J connectivity index is 2.13. The lowest BCUT2D eigenvalue weighted by molar-refractivity contribution is 0.351. The minimum atomic E-state index is 0.0807. The Morgan fingerprint density at radius 2 is 1.88 bits per heavy atom. The molecule has 1 fully saturated rings. The lowest BCUT2D eigenvalue weighted by Gasteiger charge is -2.32. The fourth-order valence-corrected chi connectivity index (χ4v) is 3.11. The summed E-state index contributed by atoms with van der Waals surface area (Å²) in [6.07, 6.45) is 3.55. The fourth-order valence-electron chi connectivity index (χ4n) is 2.84. The van der Waals surface area contributed by atoms with Gasteiger partial charge in [-0.3, -0.25) is 0 Å². The van der Waals surface area contributed by atoms with E-state index in [2.05, 4.69) is 59.4 Å². The third-order valence-corrected chi connectivity index (χ3v) is 4.27. The average Bonchev–Trinajstić information content (AvgIpc) is 2.59. The number of benzene rings is 1. The monoisotopic (exact) mass is 296 g/mol. The predicted molar refractivity (Wildman–Crippen MR) is 77.2 cm³/mol. The van der Waals surface area contributed by atoms with Crippen LogP contribution < -0.4 is 11.1 Å². The van der Waals surface area contributed by atoms with Gasteiger partial charge in [-0.25, -0.2) is 0 Å². The quantitative estimate of drug-likeness (QED) is 0.891. The van der Waals surface area contributed by atoms with Crippen molar-refractivity contribution >= 4 is 21.6 Å². The van der Waals surface area contributed by atoms with Crippen molar-refractivity contribution in [1.29, 1.82) is 0 Å². The molecule has 0 radical (unpaired) electrons. The molecule has 2 rings (SSSR count). The van der Waals surface area contributed by atoms with Gasteiger partial charge in [-0.2, -0.15) is 0 Å². The molecular formula is C14H21BrN2. The van der Waals surface area contributed by atoms with E-state index in [-0.39, 0.29) is 5.54 Å². The van der Waals surface area contributed by atoms with E-state index in [1.807, 2.05) is 0 Å². The zero-order chi connectivity index (χ0) is 12.5. The highest BCUT2D eigenvalue weighted by Crippen LogP contribution is 2.44. The number of nitrogens with two attached hydrogens (primary N) is 1. The van der Waals surface area contributed by atoms with E-state index < -0.39 is 0 Å². The molecule has 1 unspecified atom stereocenters. The van der Waals surface area contributed by atoms with Crippen LogP contribution >= 0.6 is 15.9 Å². The van der Waals surface area contributed by atoms with Gasteiger partial charge in [-0.15, -0.1) is 0 Å². The second-order valence-corrected chi connectivity index (χ2v) is 6.87. The Labute approximate surface area is 112 Å². The molecule has 0 amide bonds. The van der Waals surface area contributed by atoms with Crippen LogP contribution in [0.3, 0.4) is 0 Å². The van der Waals surface area contributed by atoms with Crippen molar-refractivity contribution in [3.05, 3.63) is 28.7 Å². The SMILES string of the molecule is CC1(C)CCC(CN)(Nc2ccc(Br)cc2)C1. The maximum atomic E-state index is 6.00. The number of hydrogen-bond donors (Lipinski definition) is 2. The first-order chi connectivity index (χ1) is 7.95. The predicted octanol–water partition coefficient (Wildman–Crippen LogP) is 3.77. The van der Waals surface area contributed by atoms with E-state index in [0.29, 0.717) is 12.0 Å². The smallest absolute Gasteiger partial charge is 0.0501 e. The van der Waals surface area contributed by atoms with Gasteiger partial charge in [0, 0.05) is 16.7 Å². The maximum Gasteiger partial charge on any atom is 0.0501 e. The highest BCUT2D eigenvalue weighted by atomic mass is 79.9. The molecule has 0 aromatic heterocycles. The molecule has 2 nitrogen and oxygen atoms in total. The molecule has 3 N–H and O–H groups in total. The van der Waals surface area contributed by atoms with E-state index in [0.717, 1.165) is 23.0 Å². The van der Waals surface area contributed by atoms with Crippen LogP contribution in [0.2, 0.25) is 0 Å². The number of nitrogens with one attached hydrogen (secondary N) is 1. The highest BCUT2D eigenvalue weighted by Gasteiger charge is 2.42. The van der Waals surface area contributed by atoms with Gasteiger partial charge in [-0.05, 0) is 48.9 Å². The summed E-state index contributed by atoms with van der Waals surface area (Å²) >= 11 is 3.45. The van der Waals surface area contributed by atoms with Gasteiger partial charge in [0.1, 0.15) is 0 Å². The van der Waals surface area contributed by atoms with Gasteiger partial charge < -0.3 is 11.1 Å². The number of hydrogen-bond acceptors (Lipinski definition) is 2. The van der Waals surface area contributed by atoms with E-state index >= 15 is 0 Å². The Morgan fingerprint density at radius 1 is 1.24 bits per heavy atom. The van der Waals surface area contributed by atoms with Crippen LogP contribution in [0.15, 0.2) is 28.7 Å². The summed E-state index contributed by atoms with van der Waals surface area (Å²) in [6, 6.07) is 8.33. The Hall–Kier alpha value is -0.540. The molecule has 17 heavy (non-hydrogen) atoms. The topological polar surface area (TPSA) is 38.0 Å². The molecule has 0 aliphatic heterocycles. The highest BCUT2D eigenvalue weighted by molar-refractivity contribution is 9.10. The molecule has 94 valence electrons. The summed E-state index contributed by atoms with van der Waals surface area (Å²) in [6.45, 7) is 5.35. The second-order valence-electron chi connectivity index (χ2n) is 5.96. The van der Waals surface area contributed by atoms with Gasteiger partial charge in [0.05, 0.1) is 5.54 Å². The van der Waals surface area contributed by atoms with Gasteiger partial charge in [0.25, 0.3) is 0 Å². The molecule has 0 saturated heterocycles. The molecule has 1 saturated carbocycles. The summed E-state index contributed by atoms with van der Waals surface area (Å²) in [5, 5.41) is 3.64. The molecule has 1 aromatic carbocycles. The first-order valence-corrected chi connectivity index (χ1v) is 6.98. The van der Waals surface area contributed by atoms with Crippen molar-refractivity contribution in [2.45, 2.75) is 38.6 Å². The van der Waals surface area contributed by atoms with Crippen molar-refractivity contribution in [3.63, 3.8) is 0 Å². The maximum absolute atomic E-state index is 6.00. The van der Waals surface area contributed by atoms with Crippen molar-refractivity contribution in [3.8, 4) is 0 Å². The average molecular weight is 297 g/mol. The van der Waals surface area contributed by atoms with Gasteiger partial charge in [-0.1, -0.05) is 29.8 Å². The van der Waals surface area contributed by atoms with Gasteiger partial charge >= 0.3 is 0 Å². The van der Waals surface area contributed by atoms with E-state index in [4.69, 9.17) is 5.73 Å². The lowest BCUT2D eigenvalue weighted by Crippen LogP contribution is -2.43. The summed E-state index contributed by atoms with van der Waals surface area (Å²) in [4.78, 5) is 0. The minimum Gasteiger partial charge on any atom is -0.378 e. The third-order valence-electron chi connectivity index (χ3n) is 3.74. The molecule has 3 heteroatoms. The molecule has 1 aliphatic carbocycles. The molecule has 1 aliphatic rings. The molecular weight excluding hydrogens is 276 g/mol. The Bertz CT molecular complexity index is 386. The van der Waals surface area contributed by atoms with E-state index in [1.54, 1.807) is 0 Å². The van der Waals surface area contributed by atoms with Crippen LogP contribution in [-0.4, -0.2) is 12.1 Å². The first-order valence-electron chi connectivity index (χ1n) is 6.19. The molecule has 1 aromatic rings. The lowest BCUT2D eigenvalue weighted by atomic mass is 9.87. The second kappa shape index (κ2) is 4.62. The van der Waals surface area contributed by atoms with E-state index in [9.17, 15) is 0 Å². The van der Waals surface area contributed by atoms with Gasteiger partial charge in [0.2, 0.25) is 0 Å². The summed E-state index contributed by atoms with van der Waals surface area (Å²) in [5.41, 5.74) is 7.64. The fraction of sp³-hybridized carbons (Fsp3) is 0.571. The first kappa shape index (κ1) is 12.9. The van der Waals surface area contributed by atoms with Crippen LogP contribution in [0.1, 0.15) is 33.1 Å². The van der Waals surface area contributed by atoms with Crippen molar-refractivity contribution in [1.82, 2.24) is 0 Å². The van der Waals surface area contributed by atoms with Crippen LogP contribution in [0.4, 0.5) is 5.69 Å². The normalized spacial score (nSPS) is 27.1. The molecule has 0 bridgehead atoms. The van der Waals surface area contributed by atoms with Crippen LogP contribution in [-0.2, 0) is 0 Å². The van der Waals surface area contributed by atoms with Crippen LogP contribution in [0.25, 0.3) is 0 Å². The number of rotatable bonds is 3. The van der Waals surface area contributed by atoms with Crippen molar-refractivity contribution in [2.24, 2.45) is 11.1 Å². The Morgan fingerprint density at radius 3 is 2.35 bits per heavy atom. The van der Waals surface area contributed by atoms with Crippen LogP contribution in [0.5, 0.6) is 0 Å². The standard InChI is InChI=1S/C14H21BrN2/c1-13(2)7-8-14(9-13,10-16)17-12-5-3-11(15)4-6-12/h3-6,17H,7-10,16H2,1-2H3. The van der Waals surface area contributed by atoms with Crippen molar-refractivity contribution < 1.29 is 0 Å². The largest absolute Gasteiger partial charge is 0.378 e. The van der Waals surface area contributed by atoms with Crippen LogP contribution in [0, 0.1) is 5.41 Å². The summed E-state index contributed by atoms with van der Waals surface area (Å²) in [5.74, 6) is 0. The summed E-state index contributed by atoms with van der Waals surface area (Å²) in [7, 11) is 0.